The Kier molecular flexibility index (Phi) is 7.68. The zero-order chi connectivity index (χ0) is 19.1. The van der Waals surface area contributed by atoms with Gasteiger partial charge in [0.15, 0.2) is 0 Å². The van der Waals surface area contributed by atoms with Crippen LogP contribution in [-0.2, 0) is 9.59 Å². The van der Waals surface area contributed by atoms with Crippen molar-refractivity contribution in [2.75, 3.05) is 45.2 Å². The van der Waals surface area contributed by atoms with E-state index in [2.05, 4.69) is 10.2 Å². The van der Waals surface area contributed by atoms with Gasteiger partial charge in [0.25, 0.3) is 0 Å². The molecule has 144 valence electrons. The molecule has 1 heterocycles. The van der Waals surface area contributed by atoms with Crippen molar-refractivity contribution < 1.29 is 19.4 Å². The summed E-state index contributed by atoms with van der Waals surface area (Å²) in [6, 6.07) is 5.39. The number of ether oxygens (including phenoxy) is 1. The van der Waals surface area contributed by atoms with Gasteiger partial charge in [-0.15, -0.1) is 0 Å². The molecule has 0 bridgehead atoms. The van der Waals surface area contributed by atoms with E-state index in [0.29, 0.717) is 23.0 Å². The minimum Gasteiger partial charge on any atom is -0.495 e. The van der Waals surface area contributed by atoms with Crippen LogP contribution < -0.4 is 10.1 Å². The SMILES string of the molecule is CCN(CC(=O)O)C1CCN(CC(=O)Nc2ccc(OC)c(Cl)c2)CC1. The van der Waals surface area contributed by atoms with Crippen molar-refractivity contribution in [3.05, 3.63) is 23.2 Å². The molecule has 1 aromatic carbocycles. The lowest BCUT2D eigenvalue weighted by molar-refractivity contribution is -0.139. The van der Waals surface area contributed by atoms with Crippen LogP contribution in [0.1, 0.15) is 19.8 Å². The minimum absolute atomic E-state index is 0.0693. The molecule has 0 atom stereocenters. The first-order chi connectivity index (χ1) is 12.4. The molecule has 1 aromatic rings. The topological polar surface area (TPSA) is 82.1 Å². The zero-order valence-electron chi connectivity index (χ0n) is 15.2. The lowest BCUT2D eigenvalue weighted by Crippen LogP contribution is -2.48. The number of hydrogen-bond donors (Lipinski definition) is 2. The van der Waals surface area contributed by atoms with Gasteiger partial charge in [0.2, 0.25) is 5.91 Å². The smallest absolute Gasteiger partial charge is 0.317 e. The standard InChI is InChI=1S/C18H26ClN3O4/c1-3-22(12-18(24)25)14-6-8-21(9-7-14)11-17(23)20-13-4-5-16(26-2)15(19)10-13/h4-5,10,14H,3,6-9,11-12H2,1-2H3,(H,20,23)(H,24,25). The molecule has 2 rings (SSSR count). The highest BCUT2D eigenvalue weighted by Gasteiger charge is 2.25. The molecule has 26 heavy (non-hydrogen) atoms. The molecular formula is C18H26ClN3O4. The molecule has 7 nitrogen and oxygen atoms in total. The second kappa shape index (κ2) is 9.75. The number of likely N-dealkylation sites (N-methyl/N-ethyl adjacent to an activating group) is 1. The Hall–Kier alpha value is -1.83. The van der Waals surface area contributed by atoms with Crippen LogP contribution >= 0.6 is 11.6 Å². The van der Waals surface area contributed by atoms with Crippen molar-refractivity contribution >= 4 is 29.2 Å². The summed E-state index contributed by atoms with van der Waals surface area (Å²) in [5.74, 6) is -0.331. The predicted octanol–water partition coefficient (Wildman–Crippen LogP) is 2.16. The number of carboxylic acids is 1. The first-order valence-corrected chi connectivity index (χ1v) is 9.12. The number of benzene rings is 1. The Morgan fingerprint density at radius 3 is 2.62 bits per heavy atom. The largest absolute Gasteiger partial charge is 0.495 e. The first-order valence-electron chi connectivity index (χ1n) is 8.74. The molecule has 1 amide bonds. The number of piperidine rings is 1. The summed E-state index contributed by atoms with van der Waals surface area (Å²) in [4.78, 5) is 27.3. The van der Waals surface area contributed by atoms with E-state index in [1.165, 1.54) is 0 Å². The fourth-order valence-corrected chi connectivity index (χ4v) is 3.52. The number of hydrogen-bond acceptors (Lipinski definition) is 5. The zero-order valence-corrected chi connectivity index (χ0v) is 16.0. The predicted molar refractivity (Wildman–Crippen MR) is 101 cm³/mol. The molecule has 0 aliphatic carbocycles. The highest BCUT2D eigenvalue weighted by atomic mass is 35.5. The van der Waals surface area contributed by atoms with Gasteiger partial charge >= 0.3 is 5.97 Å². The number of halogens is 1. The van der Waals surface area contributed by atoms with Crippen molar-refractivity contribution in [2.24, 2.45) is 0 Å². The number of aliphatic carboxylic acids is 1. The molecule has 1 fully saturated rings. The van der Waals surface area contributed by atoms with Crippen LogP contribution in [0.25, 0.3) is 0 Å². The second-order valence-corrected chi connectivity index (χ2v) is 6.77. The van der Waals surface area contributed by atoms with E-state index >= 15 is 0 Å². The van der Waals surface area contributed by atoms with Gasteiger partial charge in [0, 0.05) is 24.8 Å². The first kappa shape index (κ1) is 20.5. The van der Waals surface area contributed by atoms with Crippen LogP contribution in [-0.4, -0.2) is 72.7 Å². The highest BCUT2D eigenvalue weighted by Crippen LogP contribution is 2.27. The van der Waals surface area contributed by atoms with Crippen molar-refractivity contribution in [1.29, 1.82) is 0 Å². The number of rotatable bonds is 8. The number of carboxylic acid groups (broad SMARTS) is 1. The van der Waals surface area contributed by atoms with Crippen LogP contribution in [0.15, 0.2) is 18.2 Å². The molecule has 0 saturated carbocycles. The van der Waals surface area contributed by atoms with Crippen molar-refractivity contribution in [3.63, 3.8) is 0 Å². The molecule has 0 aromatic heterocycles. The third-order valence-corrected chi connectivity index (χ3v) is 4.92. The monoisotopic (exact) mass is 383 g/mol. The van der Waals surface area contributed by atoms with Gasteiger partial charge in [-0.1, -0.05) is 18.5 Å². The Morgan fingerprint density at radius 2 is 2.08 bits per heavy atom. The number of anilines is 1. The van der Waals surface area contributed by atoms with E-state index in [9.17, 15) is 9.59 Å². The van der Waals surface area contributed by atoms with Crippen molar-refractivity contribution in [3.8, 4) is 5.75 Å². The quantitative estimate of drug-likeness (QED) is 0.715. The fourth-order valence-electron chi connectivity index (χ4n) is 3.26. The molecule has 0 unspecified atom stereocenters. The highest BCUT2D eigenvalue weighted by molar-refractivity contribution is 6.32. The third kappa shape index (κ3) is 5.86. The fraction of sp³-hybridized carbons (Fsp3) is 0.556. The van der Waals surface area contributed by atoms with Gasteiger partial charge in [0.05, 0.1) is 25.2 Å². The number of nitrogens with zero attached hydrogens (tertiary/aromatic N) is 2. The summed E-state index contributed by atoms with van der Waals surface area (Å²) >= 11 is 6.07. The summed E-state index contributed by atoms with van der Waals surface area (Å²) in [5.41, 5.74) is 0.634. The maximum Gasteiger partial charge on any atom is 0.317 e. The van der Waals surface area contributed by atoms with Crippen molar-refractivity contribution in [2.45, 2.75) is 25.8 Å². The molecule has 8 heteroatoms. The van der Waals surface area contributed by atoms with Gasteiger partial charge in [-0.3, -0.25) is 19.4 Å². The summed E-state index contributed by atoms with van der Waals surface area (Å²) in [5, 5.41) is 12.3. The maximum atomic E-state index is 12.2. The van der Waals surface area contributed by atoms with Gasteiger partial charge in [-0.2, -0.15) is 0 Å². The van der Waals surface area contributed by atoms with Crippen molar-refractivity contribution in [1.82, 2.24) is 9.80 Å². The van der Waals surface area contributed by atoms with E-state index in [1.807, 2.05) is 11.8 Å². The number of carbonyl (C=O) groups excluding carboxylic acids is 1. The van der Waals surface area contributed by atoms with E-state index in [1.54, 1.807) is 25.3 Å². The number of likely N-dealkylation sites (tertiary alicyclic amines) is 1. The molecule has 1 aliphatic heterocycles. The third-order valence-electron chi connectivity index (χ3n) is 4.62. The van der Waals surface area contributed by atoms with Gasteiger partial charge in [0.1, 0.15) is 5.75 Å². The average Bonchev–Trinajstić information content (AvgIpc) is 2.60. The molecule has 1 aliphatic rings. The molecular weight excluding hydrogens is 358 g/mol. The van der Waals surface area contributed by atoms with Crippen LogP contribution in [0.5, 0.6) is 5.75 Å². The van der Waals surface area contributed by atoms with Gasteiger partial charge in [-0.05, 0) is 37.6 Å². The summed E-state index contributed by atoms with van der Waals surface area (Å²) in [6.45, 7) is 4.62. The van der Waals surface area contributed by atoms with E-state index < -0.39 is 5.97 Å². The van der Waals surface area contributed by atoms with Crippen LogP contribution in [0.4, 0.5) is 5.69 Å². The lowest BCUT2D eigenvalue weighted by Gasteiger charge is -2.37. The van der Waals surface area contributed by atoms with E-state index in [0.717, 1.165) is 32.5 Å². The van der Waals surface area contributed by atoms with Gasteiger partial charge in [-0.25, -0.2) is 0 Å². The average molecular weight is 384 g/mol. The van der Waals surface area contributed by atoms with E-state index in [-0.39, 0.29) is 18.5 Å². The normalized spacial score (nSPS) is 15.8. The Bertz CT molecular complexity index is 633. The summed E-state index contributed by atoms with van der Waals surface area (Å²) < 4.78 is 5.10. The van der Waals surface area contributed by atoms with Crippen LogP contribution in [0.2, 0.25) is 5.02 Å². The number of amides is 1. The molecule has 1 saturated heterocycles. The molecule has 0 radical (unpaired) electrons. The van der Waals surface area contributed by atoms with Gasteiger partial charge < -0.3 is 15.2 Å². The number of carbonyl (C=O) groups is 2. The number of methoxy groups -OCH3 is 1. The van der Waals surface area contributed by atoms with Crippen LogP contribution in [0, 0.1) is 0 Å². The minimum atomic E-state index is -0.799. The Labute approximate surface area is 158 Å². The maximum absolute atomic E-state index is 12.2. The Morgan fingerprint density at radius 1 is 1.38 bits per heavy atom. The Balaban J connectivity index is 1.80. The molecule has 0 spiro atoms. The lowest BCUT2D eigenvalue weighted by atomic mass is 10.0. The number of nitrogens with one attached hydrogen (secondary N) is 1. The van der Waals surface area contributed by atoms with E-state index in [4.69, 9.17) is 21.4 Å². The summed E-state index contributed by atoms with van der Waals surface area (Å²) in [7, 11) is 1.54. The molecule has 2 N–H and O–H groups in total. The van der Waals surface area contributed by atoms with Crippen LogP contribution in [0.3, 0.4) is 0 Å². The summed E-state index contributed by atoms with van der Waals surface area (Å²) in [6.07, 6.45) is 1.73. The second-order valence-electron chi connectivity index (χ2n) is 6.36.